The summed E-state index contributed by atoms with van der Waals surface area (Å²) in [7, 11) is 0. The predicted octanol–water partition coefficient (Wildman–Crippen LogP) is 4.63. The molecule has 2 aliphatic carbocycles. The van der Waals surface area contributed by atoms with Crippen LogP contribution in [0.25, 0.3) is 0 Å². The first-order valence-electron chi connectivity index (χ1n) is 8.30. The van der Waals surface area contributed by atoms with E-state index in [9.17, 15) is 4.39 Å². The molecule has 1 aromatic carbocycles. The van der Waals surface area contributed by atoms with Crippen LogP contribution in [0.2, 0.25) is 0 Å². The second kappa shape index (κ2) is 6.71. The summed E-state index contributed by atoms with van der Waals surface area (Å²) in [4.78, 5) is 0. The topological polar surface area (TPSA) is 12.0 Å². The van der Waals surface area contributed by atoms with Gasteiger partial charge in [0.05, 0.1) is 0 Å². The predicted molar refractivity (Wildman–Crippen MR) is 81.4 cm³/mol. The Morgan fingerprint density at radius 2 is 1.75 bits per heavy atom. The Kier molecular flexibility index (Phi) is 4.72. The highest BCUT2D eigenvalue weighted by molar-refractivity contribution is 5.23. The third kappa shape index (κ3) is 3.60. The highest BCUT2D eigenvalue weighted by Gasteiger charge is 2.29. The lowest BCUT2D eigenvalue weighted by atomic mass is 9.76. The first-order chi connectivity index (χ1) is 9.81. The van der Waals surface area contributed by atoms with Crippen molar-refractivity contribution in [2.45, 2.75) is 63.3 Å². The monoisotopic (exact) mass is 275 g/mol. The third-order valence-electron chi connectivity index (χ3n) is 5.18. The summed E-state index contributed by atoms with van der Waals surface area (Å²) in [6.45, 7) is 1.18. The molecule has 2 saturated carbocycles. The fourth-order valence-corrected chi connectivity index (χ4v) is 3.79. The fourth-order valence-electron chi connectivity index (χ4n) is 3.79. The summed E-state index contributed by atoms with van der Waals surface area (Å²) < 4.78 is 12.9. The highest BCUT2D eigenvalue weighted by Crippen LogP contribution is 2.37. The lowest BCUT2D eigenvalue weighted by molar-refractivity contribution is 0.287. The van der Waals surface area contributed by atoms with Crippen molar-refractivity contribution in [1.82, 2.24) is 5.32 Å². The van der Waals surface area contributed by atoms with Crippen molar-refractivity contribution in [3.8, 4) is 0 Å². The van der Waals surface area contributed by atoms with Crippen LogP contribution in [-0.4, -0.2) is 12.6 Å². The molecule has 2 aliphatic rings. The van der Waals surface area contributed by atoms with Gasteiger partial charge in [-0.05, 0) is 61.8 Å². The average molecular weight is 275 g/mol. The molecule has 0 spiro atoms. The maximum absolute atomic E-state index is 12.9. The molecule has 0 heterocycles. The Labute approximate surface area is 122 Å². The average Bonchev–Trinajstić information content (AvgIpc) is 2.91. The van der Waals surface area contributed by atoms with Crippen molar-refractivity contribution in [1.29, 1.82) is 0 Å². The zero-order chi connectivity index (χ0) is 13.8. The van der Waals surface area contributed by atoms with Crippen LogP contribution in [0, 0.1) is 11.7 Å². The Hall–Kier alpha value is -0.890. The fraction of sp³-hybridized carbons (Fsp3) is 0.667. The molecule has 0 unspecified atom stereocenters. The van der Waals surface area contributed by atoms with Crippen molar-refractivity contribution in [3.63, 3.8) is 0 Å². The van der Waals surface area contributed by atoms with Gasteiger partial charge in [-0.15, -0.1) is 0 Å². The largest absolute Gasteiger partial charge is 0.314 e. The molecule has 1 N–H and O–H groups in total. The first-order valence-corrected chi connectivity index (χ1v) is 8.30. The molecule has 20 heavy (non-hydrogen) atoms. The van der Waals surface area contributed by atoms with Gasteiger partial charge in [-0.3, -0.25) is 0 Å². The molecule has 0 aliphatic heterocycles. The summed E-state index contributed by atoms with van der Waals surface area (Å²) in [6.07, 6.45) is 11.0. The van der Waals surface area contributed by atoms with E-state index in [2.05, 4.69) is 5.32 Å². The molecule has 110 valence electrons. The molecule has 0 aromatic heterocycles. The standard InChI is InChI=1S/C18H26FN/c19-17-9-7-15(8-10-17)16-12-18(13-16)20-11-3-6-14-4-1-2-5-14/h7-10,14,16,18,20H,1-6,11-13H2. The molecule has 0 amide bonds. The molecule has 2 heteroatoms. The zero-order valence-electron chi connectivity index (χ0n) is 12.3. The summed E-state index contributed by atoms with van der Waals surface area (Å²) >= 11 is 0. The minimum Gasteiger partial charge on any atom is -0.314 e. The highest BCUT2D eigenvalue weighted by atomic mass is 19.1. The minimum absolute atomic E-state index is 0.130. The van der Waals surface area contributed by atoms with Crippen molar-refractivity contribution in [3.05, 3.63) is 35.6 Å². The van der Waals surface area contributed by atoms with Crippen LogP contribution >= 0.6 is 0 Å². The van der Waals surface area contributed by atoms with Crippen molar-refractivity contribution >= 4 is 0 Å². The van der Waals surface area contributed by atoms with Gasteiger partial charge in [0.1, 0.15) is 5.82 Å². The number of hydrogen-bond acceptors (Lipinski definition) is 1. The van der Waals surface area contributed by atoms with E-state index in [1.807, 2.05) is 12.1 Å². The van der Waals surface area contributed by atoms with E-state index in [-0.39, 0.29) is 5.82 Å². The number of halogens is 1. The normalized spacial score (nSPS) is 26.6. The molecule has 2 fully saturated rings. The Bertz CT molecular complexity index is 402. The summed E-state index contributed by atoms with van der Waals surface area (Å²) in [5, 5.41) is 3.68. The number of hydrogen-bond donors (Lipinski definition) is 1. The number of benzene rings is 1. The van der Waals surface area contributed by atoms with Crippen LogP contribution in [0.5, 0.6) is 0 Å². The second-order valence-corrected chi connectivity index (χ2v) is 6.66. The summed E-state index contributed by atoms with van der Waals surface area (Å²) in [6, 6.07) is 7.73. The quantitative estimate of drug-likeness (QED) is 0.746. The van der Waals surface area contributed by atoms with Gasteiger partial charge in [0, 0.05) is 6.04 Å². The van der Waals surface area contributed by atoms with Crippen LogP contribution in [0.15, 0.2) is 24.3 Å². The SMILES string of the molecule is Fc1ccc(C2CC(NCCCC3CCCC3)C2)cc1. The van der Waals surface area contributed by atoms with E-state index < -0.39 is 0 Å². The van der Waals surface area contributed by atoms with Crippen LogP contribution < -0.4 is 5.32 Å². The van der Waals surface area contributed by atoms with E-state index >= 15 is 0 Å². The van der Waals surface area contributed by atoms with Crippen LogP contribution in [0.1, 0.15) is 62.8 Å². The van der Waals surface area contributed by atoms with Crippen LogP contribution in [-0.2, 0) is 0 Å². The second-order valence-electron chi connectivity index (χ2n) is 6.66. The third-order valence-corrected chi connectivity index (χ3v) is 5.18. The van der Waals surface area contributed by atoms with Crippen molar-refractivity contribution in [2.75, 3.05) is 6.54 Å². The van der Waals surface area contributed by atoms with Gasteiger partial charge in [-0.25, -0.2) is 4.39 Å². The molecular weight excluding hydrogens is 249 g/mol. The smallest absolute Gasteiger partial charge is 0.123 e. The maximum Gasteiger partial charge on any atom is 0.123 e. The zero-order valence-corrected chi connectivity index (χ0v) is 12.3. The maximum atomic E-state index is 12.9. The number of rotatable bonds is 6. The van der Waals surface area contributed by atoms with E-state index in [4.69, 9.17) is 0 Å². The Morgan fingerprint density at radius 1 is 1.05 bits per heavy atom. The van der Waals surface area contributed by atoms with Gasteiger partial charge in [0.25, 0.3) is 0 Å². The molecule has 0 atom stereocenters. The molecule has 0 bridgehead atoms. The van der Waals surface area contributed by atoms with Crippen molar-refractivity contribution in [2.24, 2.45) is 5.92 Å². The van der Waals surface area contributed by atoms with Crippen LogP contribution in [0.3, 0.4) is 0 Å². The van der Waals surface area contributed by atoms with Gasteiger partial charge in [0.15, 0.2) is 0 Å². The van der Waals surface area contributed by atoms with E-state index in [1.165, 1.54) is 63.5 Å². The molecule has 1 nitrogen and oxygen atoms in total. The minimum atomic E-state index is -0.130. The lowest BCUT2D eigenvalue weighted by Gasteiger charge is -2.36. The Balaban J connectivity index is 1.29. The van der Waals surface area contributed by atoms with Gasteiger partial charge in [-0.1, -0.05) is 37.8 Å². The Morgan fingerprint density at radius 3 is 2.45 bits per heavy atom. The molecule has 3 rings (SSSR count). The molecular formula is C18H26FN. The molecule has 0 radical (unpaired) electrons. The van der Waals surface area contributed by atoms with E-state index in [0.29, 0.717) is 12.0 Å². The summed E-state index contributed by atoms with van der Waals surface area (Å²) in [5.74, 6) is 1.53. The van der Waals surface area contributed by atoms with Gasteiger partial charge < -0.3 is 5.32 Å². The van der Waals surface area contributed by atoms with E-state index in [1.54, 1.807) is 12.1 Å². The first kappa shape index (κ1) is 14.1. The van der Waals surface area contributed by atoms with Gasteiger partial charge >= 0.3 is 0 Å². The van der Waals surface area contributed by atoms with E-state index in [0.717, 1.165) is 5.92 Å². The lowest BCUT2D eigenvalue weighted by Crippen LogP contribution is -2.40. The van der Waals surface area contributed by atoms with Gasteiger partial charge in [-0.2, -0.15) is 0 Å². The molecule has 0 saturated heterocycles. The van der Waals surface area contributed by atoms with Gasteiger partial charge in [0.2, 0.25) is 0 Å². The molecule has 1 aromatic rings. The number of nitrogens with one attached hydrogen (secondary N) is 1. The van der Waals surface area contributed by atoms with Crippen LogP contribution in [0.4, 0.5) is 4.39 Å². The van der Waals surface area contributed by atoms with Crippen molar-refractivity contribution < 1.29 is 4.39 Å². The summed E-state index contributed by atoms with van der Waals surface area (Å²) in [5.41, 5.74) is 1.30.